The van der Waals surface area contributed by atoms with Crippen LogP contribution in [-0.2, 0) is 27.4 Å². The molecule has 1 N–H and O–H groups in total. The Balaban J connectivity index is 2.72. The highest BCUT2D eigenvalue weighted by atomic mass is 16.5. The van der Waals surface area contributed by atoms with Crippen LogP contribution in [0.3, 0.4) is 0 Å². The van der Waals surface area contributed by atoms with Gasteiger partial charge >= 0.3 is 5.97 Å². The number of nitrogens with zero attached hydrogens (tertiary/aromatic N) is 1. The number of carboxylic acids is 1. The smallest absolute Gasteiger partial charge is 0.305 e. The lowest BCUT2D eigenvalue weighted by atomic mass is 10.1. The number of amides is 1. The zero-order valence-corrected chi connectivity index (χ0v) is 13.5. The minimum atomic E-state index is -0.886. The molecule has 0 aliphatic heterocycles. The van der Waals surface area contributed by atoms with Crippen LogP contribution in [0.5, 0.6) is 0 Å². The summed E-state index contributed by atoms with van der Waals surface area (Å²) in [6, 6.07) is 7.71. The topological polar surface area (TPSA) is 66.8 Å². The van der Waals surface area contributed by atoms with Crippen molar-refractivity contribution in [3.8, 4) is 0 Å². The highest BCUT2D eigenvalue weighted by molar-refractivity contribution is 5.79. The molecule has 0 spiro atoms. The fraction of sp³-hybridized carbons (Fsp3) is 0.529. The maximum absolute atomic E-state index is 12.4. The SMILES string of the molecule is COCc1cccc(CC(=O)N(CCC(=O)O)CC(C)C)c1. The molecule has 0 saturated carbocycles. The van der Waals surface area contributed by atoms with E-state index in [1.54, 1.807) is 12.0 Å². The molecule has 5 nitrogen and oxygen atoms in total. The highest BCUT2D eigenvalue weighted by Crippen LogP contribution is 2.10. The van der Waals surface area contributed by atoms with Crippen molar-refractivity contribution in [2.24, 2.45) is 5.92 Å². The molecule has 5 heteroatoms. The van der Waals surface area contributed by atoms with Crippen LogP contribution in [-0.4, -0.2) is 42.1 Å². The zero-order valence-electron chi connectivity index (χ0n) is 13.5. The van der Waals surface area contributed by atoms with Crippen molar-refractivity contribution in [1.29, 1.82) is 0 Å². The van der Waals surface area contributed by atoms with E-state index in [9.17, 15) is 9.59 Å². The van der Waals surface area contributed by atoms with Crippen molar-refractivity contribution < 1.29 is 19.4 Å². The fourth-order valence-electron chi connectivity index (χ4n) is 2.27. The molecular weight excluding hydrogens is 282 g/mol. The first-order valence-corrected chi connectivity index (χ1v) is 7.48. The van der Waals surface area contributed by atoms with Gasteiger partial charge in [0.25, 0.3) is 0 Å². The predicted octanol–water partition coefficient (Wildman–Crippen LogP) is 2.33. The number of rotatable bonds is 9. The lowest BCUT2D eigenvalue weighted by molar-refractivity contribution is -0.138. The first kappa shape index (κ1) is 18.2. The quantitative estimate of drug-likeness (QED) is 0.760. The summed E-state index contributed by atoms with van der Waals surface area (Å²) in [7, 11) is 1.63. The molecule has 0 aliphatic rings. The average molecular weight is 307 g/mol. The maximum Gasteiger partial charge on any atom is 0.305 e. The number of hydrogen-bond donors (Lipinski definition) is 1. The van der Waals surface area contributed by atoms with Crippen molar-refractivity contribution in [2.75, 3.05) is 20.2 Å². The standard InChI is InChI=1S/C17H25NO4/c1-13(2)11-18(8-7-17(20)21)16(19)10-14-5-4-6-15(9-14)12-22-3/h4-6,9,13H,7-8,10-12H2,1-3H3,(H,20,21). The lowest BCUT2D eigenvalue weighted by Gasteiger charge is -2.24. The second kappa shape index (κ2) is 9.20. The summed E-state index contributed by atoms with van der Waals surface area (Å²) in [4.78, 5) is 24.8. The Morgan fingerprint density at radius 1 is 1.27 bits per heavy atom. The number of carboxylic acid groups (broad SMARTS) is 1. The van der Waals surface area contributed by atoms with Gasteiger partial charge in [-0.15, -0.1) is 0 Å². The van der Waals surface area contributed by atoms with Gasteiger partial charge in [-0.2, -0.15) is 0 Å². The van der Waals surface area contributed by atoms with Gasteiger partial charge in [0.15, 0.2) is 0 Å². The molecule has 0 aliphatic carbocycles. The van der Waals surface area contributed by atoms with E-state index in [1.807, 2.05) is 38.1 Å². The molecule has 0 radical (unpaired) electrons. The van der Waals surface area contributed by atoms with Crippen molar-refractivity contribution in [3.63, 3.8) is 0 Å². The molecule has 1 amide bonds. The van der Waals surface area contributed by atoms with E-state index >= 15 is 0 Å². The Hall–Kier alpha value is -1.88. The monoisotopic (exact) mass is 307 g/mol. The second-order valence-corrected chi connectivity index (χ2v) is 5.81. The van der Waals surface area contributed by atoms with Crippen molar-refractivity contribution in [3.05, 3.63) is 35.4 Å². The van der Waals surface area contributed by atoms with Crippen LogP contribution in [0.2, 0.25) is 0 Å². The van der Waals surface area contributed by atoms with Crippen molar-refractivity contribution in [2.45, 2.75) is 33.3 Å². The van der Waals surface area contributed by atoms with E-state index in [-0.39, 0.29) is 25.3 Å². The summed E-state index contributed by atoms with van der Waals surface area (Å²) in [5.41, 5.74) is 1.94. The third-order valence-electron chi connectivity index (χ3n) is 3.19. The predicted molar refractivity (Wildman–Crippen MR) is 84.5 cm³/mol. The van der Waals surface area contributed by atoms with Gasteiger partial charge in [-0.25, -0.2) is 0 Å². The summed E-state index contributed by atoms with van der Waals surface area (Å²) >= 11 is 0. The van der Waals surface area contributed by atoms with E-state index in [4.69, 9.17) is 9.84 Å². The van der Waals surface area contributed by atoms with E-state index in [1.165, 1.54) is 0 Å². The summed E-state index contributed by atoms with van der Waals surface area (Å²) in [6.07, 6.45) is 0.256. The third kappa shape index (κ3) is 6.72. The van der Waals surface area contributed by atoms with Crippen LogP contribution >= 0.6 is 0 Å². The lowest BCUT2D eigenvalue weighted by Crippen LogP contribution is -2.37. The average Bonchev–Trinajstić information content (AvgIpc) is 2.43. The molecule has 1 aromatic carbocycles. The molecule has 0 atom stereocenters. The Morgan fingerprint density at radius 3 is 2.55 bits per heavy atom. The number of benzene rings is 1. The number of hydrogen-bond acceptors (Lipinski definition) is 3. The second-order valence-electron chi connectivity index (χ2n) is 5.81. The summed E-state index contributed by atoms with van der Waals surface area (Å²) in [5, 5.41) is 8.81. The number of carbonyl (C=O) groups excluding carboxylic acids is 1. The Morgan fingerprint density at radius 2 is 1.95 bits per heavy atom. The number of methoxy groups -OCH3 is 1. The van der Waals surface area contributed by atoms with Crippen molar-refractivity contribution in [1.82, 2.24) is 4.90 Å². The molecule has 22 heavy (non-hydrogen) atoms. The van der Waals surface area contributed by atoms with Gasteiger partial charge in [0, 0.05) is 20.2 Å². The maximum atomic E-state index is 12.4. The zero-order chi connectivity index (χ0) is 16.5. The highest BCUT2D eigenvalue weighted by Gasteiger charge is 2.16. The summed E-state index contributed by atoms with van der Waals surface area (Å²) in [6.45, 7) is 5.37. The van der Waals surface area contributed by atoms with Crippen LogP contribution in [0.15, 0.2) is 24.3 Å². The number of carbonyl (C=O) groups is 2. The van der Waals surface area contributed by atoms with Gasteiger partial charge in [0.05, 0.1) is 19.4 Å². The molecule has 0 unspecified atom stereocenters. The molecule has 1 rings (SSSR count). The van der Waals surface area contributed by atoms with Crippen molar-refractivity contribution >= 4 is 11.9 Å². The number of ether oxygens (including phenoxy) is 1. The van der Waals surface area contributed by atoms with Crippen LogP contribution in [0.1, 0.15) is 31.4 Å². The molecule has 0 heterocycles. The molecule has 0 aromatic heterocycles. The van der Waals surface area contributed by atoms with Gasteiger partial charge in [-0.1, -0.05) is 38.1 Å². The summed E-state index contributed by atoms with van der Waals surface area (Å²) in [5.74, 6) is -0.620. The molecule has 1 aromatic rings. The Labute approximate surface area is 131 Å². The van der Waals surface area contributed by atoms with Crippen LogP contribution in [0, 0.1) is 5.92 Å². The largest absolute Gasteiger partial charge is 0.481 e. The van der Waals surface area contributed by atoms with Crippen LogP contribution in [0.4, 0.5) is 0 Å². The molecule has 0 fully saturated rings. The van der Waals surface area contributed by atoms with Gasteiger partial charge in [0.2, 0.25) is 5.91 Å². The molecule has 0 bridgehead atoms. The molecule has 122 valence electrons. The molecular formula is C17H25NO4. The van der Waals surface area contributed by atoms with Gasteiger partial charge in [0.1, 0.15) is 0 Å². The third-order valence-corrected chi connectivity index (χ3v) is 3.19. The van der Waals surface area contributed by atoms with E-state index in [2.05, 4.69) is 0 Å². The van der Waals surface area contributed by atoms with Gasteiger partial charge in [-0.3, -0.25) is 9.59 Å². The summed E-state index contributed by atoms with van der Waals surface area (Å²) < 4.78 is 5.09. The Bertz CT molecular complexity index is 499. The van der Waals surface area contributed by atoms with Gasteiger partial charge in [-0.05, 0) is 17.0 Å². The Kier molecular flexibility index (Phi) is 7.60. The van der Waals surface area contributed by atoms with Crippen LogP contribution < -0.4 is 0 Å². The molecule has 0 saturated heterocycles. The van der Waals surface area contributed by atoms with E-state index < -0.39 is 5.97 Å². The number of aliphatic carboxylic acids is 1. The first-order chi connectivity index (χ1) is 10.4. The van der Waals surface area contributed by atoms with Crippen LogP contribution in [0.25, 0.3) is 0 Å². The minimum absolute atomic E-state index is 0.0256. The first-order valence-electron chi connectivity index (χ1n) is 7.48. The van der Waals surface area contributed by atoms with E-state index in [0.717, 1.165) is 11.1 Å². The fourth-order valence-corrected chi connectivity index (χ4v) is 2.27. The normalized spacial score (nSPS) is 10.7. The van der Waals surface area contributed by atoms with E-state index in [0.29, 0.717) is 19.1 Å². The van der Waals surface area contributed by atoms with Gasteiger partial charge < -0.3 is 14.7 Å². The minimum Gasteiger partial charge on any atom is -0.481 e.